The Morgan fingerprint density at radius 3 is 2.73 bits per heavy atom. The van der Waals surface area contributed by atoms with Crippen molar-refractivity contribution in [3.05, 3.63) is 47.4 Å². The Balaban J connectivity index is 1.85. The van der Waals surface area contributed by atoms with E-state index in [-0.39, 0.29) is 11.0 Å². The Morgan fingerprint density at radius 1 is 1.27 bits per heavy atom. The zero-order chi connectivity index (χ0) is 15.7. The summed E-state index contributed by atoms with van der Waals surface area (Å²) in [5, 5.41) is 6.14. The van der Waals surface area contributed by atoms with E-state index in [9.17, 15) is 4.79 Å². The molecule has 0 aliphatic heterocycles. The number of carbonyl (C=O) groups is 1. The molecule has 7 heteroatoms. The smallest absolute Gasteiger partial charge is 0.175 e. The molecule has 0 N–H and O–H groups in total. The van der Waals surface area contributed by atoms with Gasteiger partial charge in [0.1, 0.15) is 11.4 Å². The number of rotatable bonds is 4. The molecule has 1 aromatic carbocycles. The lowest BCUT2D eigenvalue weighted by Gasteiger charge is -2.10. The van der Waals surface area contributed by atoms with Crippen molar-refractivity contribution in [2.75, 3.05) is 0 Å². The predicted octanol–water partition coefficient (Wildman–Crippen LogP) is 3.38. The molecule has 0 fully saturated rings. The van der Waals surface area contributed by atoms with E-state index in [0.29, 0.717) is 10.6 Å². The number of hydrogen-bond donors (Lipinski definition) is 0. The molecular formula is C15H13ClN4OS. The van der Waals surface area contributed by atoms with Gasteiger partial charge in [-0.15, -0.1) is 0 Å². The Hall–Kier alpha value is -1.92. The largest absolute Gasteiger partial charge is 0.293 e. The van der Waals surface area contributed by atoms with Crippen LogP contribution in [0.15, 0.2) is 41.8 Å². The van der Waals surface area contributed by atoms with Crippen LogP contribution >= 0.6 is 23.4 Å². The molecule has 0 saturated heterocycles. The summed E-state index contributed by atoms with van der Waals surface area (Å²) in [6.45, 7) is 1.87. The molecule has 3 rings (SSSR count). The summed E-state index contributed by atoms with van der Waals surface area (Å²) >= 11 is 7.26. The zero-order valence-corrected chi connectivity index (χ0v) is 13.6. The molecule has 1 unspecified atom stereocenters. The standard InChI is InChI=1S/C15H13ClN4OS/c1-9(13(21)10-3-5-11(16)6-4-10)22-15-12-7-19-20(2)14(12)17-8-18-15/h3-9H,1-2H3. The first-order valence-corrected chi connectivity index (χ1v) is 7.91. The number of aromatic nitrogens is 4. The molecule has 0 bridgehead atoms. The number of ketones is 1. The molecule has 0 aliphatic carbocycles. The van der Waals surface area contributed by atoms with Crippen LogP contribution in [0.4, 0.5) is 0 Å². The molecule has 2 aromatic heterocycles. The average molecular weight is 333 g/mol. The van der Waals surface area contributed by atoms with Crippen molar-refractivity contribution in [1.29, 1.82) is 0 Å². The van der Waals surface area contributed by atoms with Crippen LogP contribution in [0.25, 0.3) is 11.0 Å². The lowest BCUT2D eigenvalue weighted by molar-refractivity contribution is 0.0994. The highest BCUT2D eigenvalue weighted by molar-refractivity contribution is 8.00. The van der Waals surface area contributed by atoms with E-state index in [1.165, 1.54) is 18.1 Å². The molecule has 112 valence electrons. The summed E-state index contributed by atoms with van der Waals surface area (Å²) in [7, 11) is 1.83. The van der Waals surface area contributed by atoms with Crippen LogP contribution in [-0.4, -0.2) is 30.8 Å². The molecule has 5 nitrogen and oxygen atoms in total. The first-order valence-electron chi connectivity index (χ1n) is 6.65. The number of nitrogens with zero attached hydrogens (tertiary/aromatic N) is 4. The third kappa shape index (κ3) is 2.84. The van der Waals surface area contributed by atoms with Gasteiger partial charge < -0.3 is 0 Å². The van der Waals surface area contributed by atoms with E-state index in [1.807, 2.05) is 14.0 Å². The zero-order valence-electron chi connectivity index (χ0n) is 12.0. The molecule has 0 aliphatic rings. The van der Waals surface area contributed by atoms with Crippen LogP contribution in [0.1, 0.15) is 17.3 Å². The molecule has 0 radical (unpaired) electrons. The van der Waals surface area contributed by atoms with Gasteiger partial charge in [-0.3, -0.25) is 9.48 Å². The van der Waals surface area contributed by atoms with Crippen molar-refractivity contribution in [2.45, 2.75) is 17.2 Å². The number of hydrogen-bond acceptors (Lipinski definition) is 5. The van der Waals surface area contributed by atoms with Gasteiger partial charge in [0.15, 0.2) is 11.4 Å². The van der Waals surface area contributed by atoms with Crippen LogP contribution in [0, 0.1) is 0 Å². The Labute approximate surface area is 136 Å². The van der Waals surface area contributed by atoms with Gasteiger partial charge >= 0.3 is 0 Å². The second-order valence-corrected chi connectivity index (χ2v) is 6.58. The van der Waals surface area contributed by atoms with Crippen molar-refractivity contribution >= 4 is 40.2 Å². The van der Waals surface area contributed by atoms with Crippen LogP contribution in [0.5, 0.6) is 0 Å². The van der Waals surface area contributed by atoms with Crippen molar-refractivity contribution < 1.29 is 4.79 Å². The van der Waals surface area contributed by atoms with Crippen LogP contribution in [0.3, 0.4) is 0 Å². The van der Waals surface area contributed by atoms with Crippen molar-refractivity contribution in [2.24, 2.45) is 7.05 Å². The van der Waals surface area contributed by atoms with E-state index in [4.69, 9.17) is 11.6 Å². The molecule has 1 atom stereocenters. The fourth-order valence-electron chi connectivity index (χ4n) is 2.10. The second kappa shape index (κ2) is 6.06. The maximum absolute atomic E-state index is 12.5. The van der Waals surface area contributed by atoms with E-state index in [0.717, 1.165) is 16.1 Å². The number of fused-ring (bicyclic) bond motifs is 1. The Morgan fingerprint density at radius 2 is 2.00 bits per heavy atom. The molecule has 22 heavy (non-hydrogen) atoms. The van der Waals surface area contributed by atoms with Crippen molar-refractivity contribution in [3.8, 4) is 0 Å². The van der Waals surface area contributed by atoms with Crippen LogP contribution < -0.4 is 0 Å². The van der Waals surface area contributed by atoms with Gasteiger partial charge in [-0.25, -0.2) is 9.97 Å². The topological polar surface area (TPSA) is 60.7 Å². The Kier molecular flexibility index (Phi) is 4.13. The van der Waals surface area contributed by atoms with Crippen molar-refractivity contribution in [3.63, 3.8) is 0 Å². The summed E-state index contributed by atoms with van der Waals surface area (Å²) < 4.78 is 1.69. The number of carbonyl (C=O) groups excluding carboxylic acids is 1. The fourth-order valence-corrected chi connectivity index (χ4v) is 3.19. The first kappa shape index (κ1) is 15.0. The number of thioether (sulfide) groups is 1. The number of halogens is 1. The highest BCUT2D eigenvalue weighted by Gasteiger charge is 2.19. The number of Topliss-reactive ketones (excluding diaryl/α,β-unsaturated/α-hetero) is 1. The Bertz CT molecular complexity index is 831. The molecule has 3 aromatic rings. The van der Waals surface area contributed by atoms with E-state index >= 15 is 0 Å². The van der Waals surface area contributed by atoms with Gasteiger partial charge in [0.05, 0.1) is 16.8 Å². The lowest BCUT2D eigenvalue weighted by atomic mass is 10.1. The quantitative estimate of drug-likeness (QED) is 0.416. The number of benzene rings is 1. The monoisotopic (exact) mass is 332 g/mol. The van der Waals surface area contributed by atoms with Gasteiger partial charge in [0, 0.05) is 17.6 Å². The van der Waals surface area contributed by atoms with Gasteiger partial charge in [-0.1, -0.05) is 23.4 Å². The third-order valence-electron chi connectivity index (χ3n) is 3.28. The second-order valence-electron chi connectivity index (χ2n) is 4.82. The van der Waals surface area contributed by atoms with E-state index in [1.54, 1.807) is 35.1 Å². The maximum Gasteiger partial charge on any atom is 0.175 e. The highest BCUT2D eigenvalue weighted by atomic mass is 35.5. The summed E-state index contributed by atoms with van der Waals surface area (Å²) in [5.41, 5.74) is 1.39. The van der Waals surface area contributed by atoms with Crippen molar-refractivity contribution in [1.82, 2.24) is 19.7 Å². The molecule has 0 spiro atoms. The third-order valence-corrected chi connectivity index (χ3v) is 4.65. The van der Waals surface area contributed by atoms with Crippen LogP contribution in [-0.2, 0) is 7.05 Å². The normalized spacial score (nSPS) is 12.5. The summed E-state index contributed by atoms with van der Waals surface area (Å²) in [4.78, 5) is 20.9. The fraction of sp³-hybridized carbons (Fsp3) is 0.200. The molecule has 0 saturated carbocycles. The van der Waals surface area contributed by atoms with Gasteiger partial charge in [0.2, 0.25) is 0 Å². The summed E-state index contributed by atoms with van der Waals surface area (Å²) in [6, 6.07) is 6.91. The first-order chi connectivity index (χ1) is 10.6. The minimum Gasteiger partial charge on any atom is -0.293 e. The van der Waals surface area contributed by atoms with E-state index < -0.39 is 0 Å². The highest BCUT2D eigenvalue weighted by Crippen LogP contribution is 2.29. The van der Waals surface area contributed by atoms with Crippen LogP contribution in [0.2, 0.25) is 5.02 Å². The minimum atomic E-state index is -0.264. The SMILES string of the molecule is CC(Sc1ncnc2c1cnn2C)C(=O)c1ccc(Cl)cc1. The minimum absolute atomic E-state index is 0.0392. The lowest BCUT2D eigenvalue weighted by Crippen LogP contribution is -2.13. The molecular weight excluding hydrogens is 320 g/mol. The number of aryl methyl sites for hydroxylation is 1. The van der Waals surface area contributed by atoms with E-state index in [2.05, 4.69) is 15.1 Å². The maximum atomic E-state index is 12.5. The van der Waals surface area contributed by atoms with Gasteiger partial charge in [-0.2, -0.15) is 5.10 Å². The molecule has 2 heterocycles. The average Bonchev–Trinajstić information content (AvgIpc) is 2.90. The van der Waals surface area contributed by atoms with Gasteiger partial charge in [0.25, 0.3) is 0 Å². The predicted molar refractivity (Wildman–Crippen MR) is 87.4 cm³/mol. The van der Waals surface area contributed by atoms with Gasteiger partial charge in [-0.05, 0) is 31.2 Å². The summed E-state index contributed by atoms with van der Waals surface area (Å²) in [6.07, 6.45) is 3.21. The molecule has 0 amide bonds. The summed E-state index contributed by atoms with van der Waals surface area (Å²) in [5.74, 6) is 0.0392.